The molecule has 0 unspecified atom stereocenters. The van der Waals surface area contributed by atoms with Crippen LogP contribution in [0.15, 0.2) is 60.7 Å². The van der Waals surface area contributed by atoms with Crippen LogP contribution in [0.2, 0.25) is 0 Å². The molecule has 3 aromatic rings. The molecule has 4 rings (SSSR count). The molecule has 0 aliphatic heterocycles. The fourth-order valence-corrected chi connectivity index (χ4v) is 4.89. The van der Waals surface area contributed by atoms with E-state index in [9.17, 15) is 14.4 Å². The van der Waals surface area contributed by atoms with Crippen molar-refractivity contribution in [3.63, 3.8) is 0 Å². The van der Waals surface area contributed by atoms with E-state index in [2.05, 4.69) is 15.6 Å². The fourth-order valence-electron chi connectivity index (χ4n) is 3.95. The van der Waals surface area contributed by atoms with Crippen molar-refractivity contribution in [1.29, 1.82) is 0 Å². The second kappa shape index (κ2) is 9.67. The first kappa shape index (κ1) is 22.9. The summed E-state index contributed by atoms with van der Waals surface area (Å²) in [6.07, 6.45) is 3.82. The molecule has 1 aromatic heterocycles. The van der Waals surface area contributed by atoms with Crippen molar-refractivity contribution in [2.45, 2.75) is 45.1 Å². The minimum absolute atomic E-state index is 0.0308. The third-order valence-corrected chi connectivity index (χ3v) is 6.84. The number of carbonyl (C=O) groups is 3. The molecule has 33 heavy (non-hydrogen) atoms. The molecule has 7 heteroatoms. The maximum atomic E-state index is 13.2. The van der Waals surface area contributed by atoms with Crippen LogP contribution in [0.3, 0.4) is 0 Å². The van der Waals surface area contributed by atoms with Crippen LogP contribution in [-0.4, -0.2) is 28.1 Å². The van der Waals surface area contributed by atoms with E-state index >= 15 is 0 Å². The maximum Gasteiger partial charge on any atom is 0.251 e. The first-order valence-corrected chi connectivity index (χ1v) is 12.0. The predicted octanol–water partition coefficient (Wildman–Crippen LogP) is 5.06. The van der Waals surface area contributed by atoms with Gasteiger partial charge in [0, 0.05) is 17.0 Å². The van der Waals surface area contributed by atoms with Gasteiger partial charge in [-0.3, -0.25) is 19.7 Å². The summed E-state index contributed by atoms with van der Waals surface area (Å²) in [5, 5.41) is 6.02. The number of anilines is 1. The first-order valence-electron chi connectivity index (χ1n) is 11.1. The number of carbonyl (C=O) groups excluding carboxylic acids is 3. The lowest BCUT2D eigenvalue weighted by Crippen LogP contribution is -2.53. The van der Waals surface area contributed by atoms with Crippen LogP contribution < -0.4 is 10.6 Å². The van der Waals surface area contributed by atoms with Gasteiger partial charge >= 0.3 is 0 Å². The zero-order chi connectivity index (χ0) is 23.4. The van der Waals surface area contributed by atoms with Gasteiger partial charge in [-0.1, -0.05) is 84.8 Å². The molecule has 170 valence electrons. The zero-order valence-electron chi connectivity index (χ0n) is 18.8. The lowest BCUT2D eigenvalue weighted by molar-refractivity contribution is -0.131. The zero-order valence-corrected chi connectivity index (χ0v) is 19.6. The molecule has 0 radical (unpaired) electrons. The number of thiazole rings is 1. The molecule has 0 atom stereocenters. The van der Waals surface area contributed by atoms with Gasteiger partial charge in [-0.15, -0.1) is 0 Å². The van der Waals surface area contributed by atoms with Crippen LogP contribution in [0, 0.1) is 5.92 Å². The van der Waals surface area contributed by atoms with Crippen molar-refractivity contribution >= 4 is 34.1 Å². The van der Waals surface area contributed by atoms with Gasteiger partial charge in [0.1, 0.15) is 10.4 Å². The number of hydrogen-bond donors (Lipinski definition) is 2. The van der Waals surface area contributed by atoms with E-state index in [0.29, 0.717) is 21.3 Å². The number of nitrogens with zero attached hydrogens (tertiary/aromatic N) is 1. The molecule has 1 aliphatic rings. The second-order valence-electron chi connectivity index (χ2n) is 8.81. The summed E-state index contributed by atoms with van der Waals surface area (Å²) in [6, 6.07) is 18.4. The highest BCUT2D eigenvalue weighted by Gasteiger charge is 2.34. The van der Waals surface area contributed by atoms with Crippen molar-refractivity contribution in [3.05, 3.63) is 71.1 Å². The Bertz CT molecular complexity index is 1150. The number of amides is 2. The van der Waals surface area contributed by atoms with Gasteiger partial charge in [0.2, 0.25) is 11.7 Å². The van der Waals surface area contributed by atoms with Crippen molar-refractivity contribution in [1.82, 2.24) is 10.3 Å². The minimum Gasteiger partial charge on any atom is -0.342 e. The van der Waals surface area contributed by atoms with Crippen LogP contribution in [0.1, 0.15) is 54.8 Å². The molecule has 0 spiro atoms. The Morgan fingerprint density at radius 1 is 0.939 bits per heavy atom. The maximum absolute atomic E-state index is 13.2. The van der Waals surface area contributed by atoms with E-state index in [0.717, 1.165) is 42.6 Å². The molecule has 6 nitrogen and oxygen atoms in total. The Balaban J connectivity index is 1.58. The predicted molar refractivity (Wildman–Crippen MR) is 130 cm³/mol. The number of rotatable bonds is 7. The number of ketones is 1. The van der Waals surface area contributed by atoms with E-state index in [1.165, 1.54) is 0 Å². The van der Waals surface area contributed by atoms with Gasteiger partial charge in [-0.2, -0.15) is 0 Å². The van der Waals surface area contributed by atoms with Gasteiger partial charge in [0.15, 0.2) is 5.13 Å². The highest BCUT2D eigenvalue weighted by atomic mass is 32.1. The van der Waals surface area contributed by atoms with E-state index in [4.69, 9.17) is 0 Å². The van der Waals surface area contributed by atoms with Gasteiger partial charge in [-0.25, -0.2) is 4.98 Å². The topological polar surface area (TPSA) is 88.2 Å². The van der Waals surface area contributed by atoms with Gasteiger partial charge in [0.05, 0.1) is 5.69 Å². The van der Waals surface area contributed by atoms with Crippen molar-refractivity contribution < 1.29 is 14.4 Å². The summed E-state index contributed by atoms with van der Waals surface area (Å²) in [5.41, 5.74) is 0.766. The summed E-state index contributed by atoms with van der Waals surface area (Å²) in [5.74, 6) is -0.643. The molecule has 1 fully saturated rings. The second-order valence-corrected chi connectivity index (χ2v) is 9.81. The quantitative estimate of drug-likeness (QED) is 0.481. The third kappa shape index (κ3) is 5.20. The molecule has 2 amide bonds. The third-order valence-electron chi connectivity index (χ3n) is 5.87. The highest BCUT2D eigenvalue weighted by Crippen LogP contribution is 2.33. The average molecular weight is 462 g/mol. The molecule has 1 saturated carbocycles. The van der Waals surface area contributed by atoms with Crippen LogP contribution in [0.4, 0.5) is 5.13 Å². The van der Waals surface area contributed by atoms with E-state index in [-0.39, 0.29) is 23.5 Å². The monoisotopic (exact) mass is 461 g/mol. The lowest BCUT2D eigenvalue weighted by Gasteiger charge is -2.26. The summed E-state index contributed by atoms with van der Waals surface area (Å²) in [7, 11) is 0. The number of nitrogens with one attached hydrogen (secondary N) is 2. The highest BCUT2D eigenvalue weighted by molar-refractivity contribution is 7.18. The molecule has 1 aliphatic carbocycles. The minimum atomic E-state index is -1.11. The van der Waals surface area contributed by atoms with Crippen LogP contribution >= 0.6 is 11.3 Å². The molecule has 0 bridgehead atoms. The van der Waals surface area contributed by atoms with Crippen molar-refractivity contribution in [2.24, 2.45) is 5.92 Å². The number of benzene rings is 2. The normalized spacial score (nSPS) is 14.1. The summed E-state index contributed by atoms with van der Waals surface area (Å²) >= 11 is 1.14. The molecule has 2 aromatic carbocycles. The van der Waals surface area contributed by atoms with Crippen LogP contribution in [-0.2, 0) is 9.59 Å². The van der Waals surface area contributed by atoms with Crippen LogP contribution in [0.5, 0.6) is 0 Å². The Kier molecular flexibility index (Phi) is 6.70. The van der Waals surface area contributed by atoms with E-state index in [1.807, 2.05) is 48.5 Å². The fraction of sp³-hybridized carbons (Fsp3) is 0.308. The largest absolute Gasteiger partial charge is 0.342 e. The van der Waals surface area contributed by atoms with Gasteiger partial charge < -0.3 is 5.32 Å². The summed E-state index contributed by atoms with van der Waals surface area (Å²) in [4.78, 5) is 43.9. The molecule has 1 heterocycles. The van der Waals surface area contributed by atoms with Crippen molar-refractivity contribution in [3.8, 4) is 11.3 Å². The Hall–Kier alpha value is -3.32. The van der Waals surface area contributed by atoms with Crippen molar-refractivity contribution in [2.75, 3.05) is 5.32 Å². The average Bonchev–Trinajstić information content (AvgIpc) is 3.50. The standard InChI is InChI=1S/C26H27N3O3S/c1-26(2,29-23(31)19-15-9-10-16-19)24(32)28-25-27-20(17-11-5-3-6-12-17)22(33-25)21(30)18-13-7-4-8-14-18/h3-8,11-14,19H,9-10,15-16H2,1-2H3,(H,29,31)(H,27,28,32). The Labute approximate surface area is 197 Å². The first-order chi connectivity index (χ1) is 15.8. The van der Waals surface area contributed by atoms with Crippen LogP contribution in [0.25, 0.3) is 11.3 Å². The molecular formula is C26H27N3O3S. The molecule has 0 saturated heterocycles. The van der Waals surface area contributed by atoms with E-state index in [1.54, 1.807) is 26.0 Å². The lowest BCUT2D eigenvalue weighted by atomic mass is 10.0. The molecule has 2 N–H and O–H groups in total. The number of hydrogen-bond acceptors (Lipinski definition) is 5. The smallest absolute Gasteiger partial charge is 0.251 e. The van der Waals surface area contributed by atoms with Gasteiger partial charge in [0.25, 0.3) is 5.91 Å². The summed E-state index contributed by atoms with van der Waals surface area (Å²) < 4.78 is 0. The number of aromatic nitrogens is 1. The van der Waals surface area contributed by atoms with Gasteiger partial charge in [-0.05, 0) is 26.7 Å². The Morgan fingerprint density at radius 3 is 2.18 bits per heavy atom. The molecular weight excluding hydrogens is 434 g/mol. The Morgan fingerprint density at radius 2 is 1.55 bits per heavy atom. The SMILES string of the molecule is CC(C)(NC(=O)C1CCCC1)C(=O)Nc1nc(-c2ccccc2)c(C(=O)c2ccccc2)s1. The van der Waals surface area contributed by atoms with E-state index < -0.39 is 5.54 Å². The summed E-state index contributed by atoms with van der Waals surface area (Å²) in [6.45, 7) is 3.36.